The largest absolute Gasteiger partial charge is 0.478 e. The molecule has 0 spiro atoms. The highest BCUT2D eigenvalue weighted by Crippen LogP contribution is 2.28. The van der Waals surface area contributed by atoms with E-state index >= 15 is 0 Å². The average molecular weight is 467 g/mol. The molecule has 0 radical (unpaired) electrons. The molecule has 0 bridgehead atoms. The van der Waals surface area contributed by atoms with E-state index in [0.717, 1.165) is 5.56 Å². The number of halogens is 1. The standard InChI is InChI=1S/C23H15ClN2O5S/c1-12-2-5-14(6-3-12)26-21(28)17(20(27)25-23(26)32)11-15-7-9-19(31-15)13-4-8-18(24)16(10-13)22(29)30/h2-11H,1H3,(H,29,30)(H,25,27,32)/b17-11+. The van der Waals surface area contributed by atoms with Gasteiger partial charge in [-0.1, -0.05) is 29.3 Å². The van der Waals surface area contributed by atoms with Crippen LogP contribution < -0.4 is 10.2 Å². The second-order valence-corrected chi connectivity index (χ2v) is 7.79. The third-order valence-corrected chi connectivity index (χ3v) is 5.40. The van der Waals surface area contributed by atoms with E-state index in [2.05, 4.69) is 5.32 Å². The van der Waals surface area contributed by atoms with Crippen LogP contribution in [0.3, 0.4) is 0 Å². The van der Waals surface area contributed by atoms with Crippen LogP contribution in [0, 0.1) is 6.92 Å². The normalized spacial score (nSPS) is 15.2. The van der Waals surface area contributed by atoms with E-state index in [1.165, 1.54) is 23.1 Å². The Hall–Kier alpha value is -3.75. The number of benzene rings is 2. The Morgan fingerprint density at radius 1 is 1.12 bits per heavy atom. The number of hydrogen-bond acceptors (Lipinski definition) is 5. The second-order valence-electron chi connectivity index (χ2n) is 7.00. The highest BCUT2D eigenvalue weighted by molar-refractivity contribution is 7.80. The number of nitrogens with zero attached hydrogens (tertiary/aromatic N) is 1. The van der Waals surface area contributed by atoms with Crippen LogP contribution in [0.4, 0.5) is 5.69 Å². The molecule has 1 saturated heterocycles. The van der Waals surface area contributed by atoms with Crippen molar-refractivity contribution in [1.82, 2.24) is 5.32 Å². The van der Waals surface area contributed by atoms with E-state index in [9.17, 15) is 19.5 Å². The molecule has 2 amide bonds. The Morgan fingerprint density at radius 3 is 2.53 bits per heavy atom. The Balaban J connectivity index is 1.67. The molecule has 2 aromatic carbocycles. The molecule has 32 heavy (non-hydrogen) atoms. The van der Waals surface area contributed by atoms with Gasteiger partial charge in [-0.2, -0.15) is 0 Å². The first-order chi connectivity index (χ1) is 15.2. The van der Waals surface area contributed by atoms with E-state index in [-0.39, 0.29) is 27.0 Å². The quantitative estimate of drug-likeness (QED) is 0.335. The minimum atomic E-state index is -1.16. The summed E-state index contributed by atoms with van der Waals surface area (Å²) in [7, 11) is 0. The summed E-state index contributed by atoms with van der Waals surface area (Å²) in [5, 5.41) is 11.9. The molecule has 1 aromatic heterocycles. The molecule has 3 aromatic rings. The number of thiocarbonyl (C=S) groups is 1. The van der Waals surface area contributed by atoms with Gasteiger partial charge in [0.25, 0.3) is 11.8 Å². The Morgan fingerprint density at radius 2 is 1.84 bits per heavy atom. The zero-order valence-electron chi connectivity index (χ0n) is 16.6. The van der Waals surface area contributed by atoms with Crippen LogP contribution >= 0.6 is 23.8 Å². The van der Waals surface area contributed by atoms with Crippen LogP contribution in [-0.4, -0.2) is 28.0 Å². The zero-order valence-corrected chi connectivity index (χ0v) is 18.2. The van der Waals surface area contributed by atoms with Gasteiger partial charge in [0.2, 0.25) is 0 Å². The van der Waals surface area contributed by atoms with Gasteiger partial charge in [0.15, 0.2) is 5.11 Å². The number of carboxylic acids is 1. The van der Waals surface area contributed by atoms with E-state index in [1.807, 2.05) is 19.1 Å². The van der Waals surface area contributed by atoms with Gasteiger partial charge in [-0.3, -0.25) is 19.8 Å². The first kappa shape index (κ1) is 21.5. The Labute approximate surface area is 192 Å². The summed E-state index contributed by atoms with van der Waals surface area (Å²) in [4.78, 5) is 38.1. The van der Waals surface area contributed by atoms with Crippen molar-refractivity contribution < 1.29 is 23.9 Å². The molecular weight excluding hydrogens is 452 g/mol. The van der Waals surface area contributed by atoms with Crippen molar-refractivity contribution in [3.05, 3.63) is 82.1 Å². The molecule has 2 heterocycles. The number of hydrogen-bond donors (Lipinski definition) is 2. The van der Waals surface area contributed by atoms with Gasteiger partial charge in [-0.25, -0.2) is 4.79 Å². The van der Waals surface area contributed by atoms with Crippen molar-refractivity contribution in [2.75, 3.05) is 4.90 Å². The van der Waals surface area contributed by atoms with Gasteiger partial charge < -0.3 is 9.52 Å². The van der Waals surface area contributed by atoms with Crippen molar-refractivity contribution in [1.29, 1.82) is 0 Å². The highest BCUT2D eigenvalue weighted by atomic mass is 35.5. The fourth-order valence-corrected chi connectivity index (χ4v) is 3.64. The lowest BCUT2D eigenvalue weighted by atomic mass is 10.1. The summed E-state index contributed by atoms with van der Waals surface area (Å²) in [5.41, 5.74) is 1.81. The van der Waals surface area contributed by atoms with Gasteiger partial charge in [0.1, 0.15) is 17.1 Å². The number of carboxylic acid groups (broad SMARTS) is 1. The number of rotatable bonds is 4. The van der Waals surface area contributed by atoms with Crippen molar-refractivity contribution in [2.45, 2.75) is 6.92 Å². The molecule has 4 rings (SSSR count). The van der Waals surface area contributed by atoms with Gasteiger partial charge >= 0.3 is 5.97 Å². The lowest BCUT2D eigenvalue weighted by Gasteiger charge is -2.28. The predicted octanol–water partition coefficient (Wildman–Crippen LogP) is 4.44. The monoisotopic (exact) mass is 466 g/mol. The van der Waals surface area contributed by atoms with Crippen LogP contribution in [0.1, 0.15) is 21.7 Å². The SMILES string of the molecule is Cc1ccc(N2C(=O)/C(=C/c3ccc(-c4ccc(Cl)c(C(=O)O)c4)o3)C(=O)NC2=S)cc1. The average Bonchev–Trinajstić information content (AvgIpc) is 3.21. The van der Waals surface area contributed by atoms with Crippen LogP contribution in [0.25, 0.3) is 17.4 Å². The summed E-state index contributed by atoms with van der Waals surface area (Å²) >= 11 is 11.1. The number of aryl methyl sites for hydroxylation is 1. The minimum absolute atomic E-state index is 0.0106. The maximum atomic E-state index is 13.1. The number of furan rings is 1. The van der Waals surface area contributed by atoms with E-state index in [0.29, 0.717) is 17.0 Å². The Kier molecular flexibility index (Phi) is 5.65. The molecule has 0 aliphatic carbocycles. The van der Waals surface area contributed by atoms with Crippen LogP contribution in [-0.2, 0) is 9.59 Å². The fraction of sp³-hybridized carbons (Fsp3) is 0.0435. The first-order valence-corrected chi connectivity index (χ1v) is 10.1. The summed E-state index contributed by atoms with van der Waals surface area (Å²) in [5.74, 6) is -1.80. The predicted molar refractivity (Wildman–Crippen MR) is 123 cm³/mol. The van der Waals surface area contributed by atoms with E-state index in [4.69, 9.17) is 28.2 Å². The molecular formula is C23H15ClN2O5S. The second kappa shape index (κ2) is 8.41. The summed E-state index contributed by atoms with van der Waals surface area (Å²) in [6, 6.07) is 14.8. The molecule has 1 aliphatic rings. The number of nitrogens with one attached hydrogen (secondary N) is 1. The van der Waals surface area contributed by atoms with Crippen molar-refractivity contribution in [3.63, 3.8) is 0 Å². The number of amides is 2. The topological polar surface area (TPSA) is 99.8 Å². The molecule has 7 nitrogen and oxygen atoms in total. The maximum absolute atomic E-state index is 13.1. The number of aromatic carboxylic acids is 1. The number of carbonyl (C=O) groups excluding carboxylic acids is 2. The van der Waals surface area contributed by atoms with Crippen LogP contribution in [0.5, 0.6) is 0 Å². The lowest BCUT2D eigenvalue weighted by Crippen LogP contribution is -2.54. The van der Waals surface area contributed by atoms with Crippen molar-refractivity contribution >= 4 is 58.5 Å². The lowest BCUT2D eigenvalue weighted by molar-refractivity contribution is -0.122. The van der Waals surface area contributed by atoms with E-state index in [1.54, 1.807) is 30.3 Å². The fourth-order valence-electron chi connectivity index (χ4n) is 3.16. The van der Waals surface area contributed by atoms with Crippen molar-refractivity contribution in [2.24, 2.45) is 0 Å². The third kappa shape index (κ3) is 4.05. The molecule has 9 heteroatoms. The smallest absolute Gasteiger partial charge is 0.337 e. The van der Waals surface area contributed by atoms with Gasteiger partial charge in [0.05, 0.1) is 16.3 Å². The maximum Gasteiger partial charge on any atom is 0.337 e. The third-order valence-electron chi connectivity index (χ3n) is 4.79. The highest BCUT2D eigenvalue weighted by Gasteiger charge is 2.34. The summed E-state index contributed by atoms with van der Waals surface area (Å²) in [6.45, 7) is 1.92. The molecule has 160 valence electrons. The van der Waals surface area contributed by atoms with E-state index < -0.39 is 17.8 Å². The molecule has 0 atom stereocenters. The zero-order chi connectivity index (χ0) is 23.0. The molecule has 1 aliphatic heterocycles. The van der Waals surface area contributed by atoms with Crippen molar-refractivity contribution in [3.8, 4) is 11.3 Å². The summed E-state index contributed by atoms with van der Waals surface area (Å²) in [6.07, 6.45) is 1.32. The first-order valence-electron chi connectivity index (χ1n) is 9.36. The van der Waals surface area contributed by atoms with Crippen LogP contribution in [0.15, 0.2) is 64.6 Å². The molecule has 1 fully saturated rings. The van der Waals surface area contributed by atoms with Gasteiger partial charge in [-0.15, -0.1) is 0 Å². The van der Waals surface area contributed by atoms with Gasteiger partial charge in [0, 0.05) is 5.56 Å². The Bertz CT molecular complexity index is 1310. The minimum Gasteiger partial charge on any atom is -0.478 e. The number of carbonyl (C=O) groups is 3. The van der Waals surface area contributed by atoms with Gasteiger partial charge in [-0.05, 0) is 67.7 Å². The number of anilines is 1. The molecule has 0 saturated carbocycles. The molecule has 0 unspecified atom stereocenters. The molecule has 2 N–H and O–H groups in total. The van der Waals surface area contributed by atoms with Crippen LogP contribution in [0.2, 0.25) is 5.02 Å². The summed E-state index contributed by atoms with van der Waals surface area (Å²) < 4.78 is 5.73.